The van der Waals surface area contributed by atoms with E-state index in [0.717, 1.165) is 49.4 Å². The lowest BCUT2D eigenvalue weighted by Gasteiger charge is -2.30. The van der Waals surface area contributed by atoms with Gasteiger partial charge in [-0.25, -0.2) is 0 Å². The zero-order valence-corrected chi connectivity index (χ0v) is 20.1. The van der Waals surface area contributed by atoms with Crippen LogP contribution in [0.15, 0.2) is 10.1 Å². The van der Waals surface area contributed by atoms with Crippen LogP contribution in [0.3, 0.4) is 0 Å². The van der Waals surface area contributed by atoms with Crippen molar-refractivity contribution in [1.82, 2.24) is 30.3 Å². The Morgan fingerprint density at radius 1 is 1.14 bits per heavy atom. The third-order valence-electron chi connectivity index (χ3n) is 5.69. The molecule has 7 nitrogen and oxygen atoms in total. The van der Waals surface area contributed by atoms with Gasteiger partial charge in [0.15, 0.2) is 11.1 Å². The minimum absolute atomic E-state index is 0.551. The standard InChI is InChI=1S/C21H41N7S/c1-16(2)27(17(3)4)15-14-24-20(22-5)23-13-9-12-19-25-26-21(29-6)28(19)18-10-7-8-11-18/h16-18H,7-15H2,1-6H3,(H2,22,23,24). The number of hydrogen-bond acceptors (Lipinski definition) is 5. The summed E-state index contributed by atoms with van der Waals surface area (Å²) in [7, 11) is 1.83. The van der Waals surface area contributed by atoms with Crippen LogP contribution < -0.4 is 10.6 Å². The summed E-state index contributed by atoms with van der Waals surface area (Å²) >= 11 is 1.71. The number of guanidine groups is 1. The third kappa shape index (κ3) is 7.17. The van der Waals surface area contributed by atoms with Gasteiger partial charge in [0, 0.05) is 51.2 Å². The molecule has 1 aliphatic rings. The Labute approximate surface area is 181 Å². The number of thioether (sulfide) groups is 1. The van der Waals surface area contributed by atoms with Gasteiger partial charge in [-0.1, -0.05) is 24.6 Å². The number of aromatic nitrogens is 3. The first-order valence-electron chi connectivity index (χ1n) is 11.2. The third-order valence-corrected chi connectivity index (χ3v) is 6.33. The molecule has 0 atom stereocenters. The van der Waals surface area contributed by atoms with Crippen LogP contribution in [0, 0.1) is 0 Å². The molecule has 0 aliphatic heterocycles. The summed E-state index contributed by atoms with van der Waals surface area (Å²) in [6, 6.07) is 1.69. The average molecular weight is 424 g/mol. The van der Waals surface area contributed by atoms with Crippen LogP contribution in [0.2, 0.25) is 0 Å². The van der Waals surface area contributed by atoms with Gasteiger partial charge in [0.1, 0.15) is 5.82 Å². The van der Waals surface area contributed by atoms with Gasteiger partial charge >= 0.3 is 0 Å². The van der Waals surface area contributed by atoms with E-state index in [1.807, 2.05) is 7.05 Å². The highest BCUT2D eigenvalue weighted by Crippen LogP contribution is 2.33. The largest absolute Gasteiger partial charge is 0.356 e. The van der Waals surface area contributed by atoms with Gasteiger partial charge in [-0.3, -0.25) is 9.89 Å². The summed E-state index contributed by atoms with van der Waals surface area (Å²) in [6.07, 6.45) is 9.23. The molecule has 1 heterocycles. The summed E-state index contributed by atoms with van der Waals surface area (Å²) in [4.78, 5) is 6.84. The monoisotopic (exact) mass is 423 g/mol. The minimum Gasteiger partial charge on any atom is -0.356 e. The molecule has 0 bridgehead atoms. The highest BCUT2D eigenvalue weighted by molar-refractivity contribution is 7.98. The molecule has 0 saturated heterocycles. The van der Waals surface area contributed by atoms with Crippen molar-refractivity contribution >= 4 is 17.7 Å². The van der Waals surface area contributed by atoms with E-state index in [-0.39, 0.29) is 0 Å². The molecular weight excluding hydrogens is 382 g/mol. The fraction of sp³-hybridized carbons (Fsp3) is 0.857. The van der Waals surface area contributed by atoms with E-state index >= 15 is 0 Å². The van der Waals surface area contributed by atoms with Crippen molar-refractivity contribution in [1.29, 1.82) is 0 Å². The summed E-state index contributed by atoms with van der Waals surface area (Å²) < 4.78 is 2.40. The van der Waals surface area contributed by atoms with E-state index in [0.29, 0.717) is 18.1 Å². The van der Waals surface area contributed by atoms with Crippen LogP contribution in [0.25, 0.3) is 0 Å². The fourth-order valence-corrected chi connectivity index (χ4v) is 4.81. The smallest absolute Gasteiger partial charge is 0.191 e. The van der Waals surface area contributed by atoms with Gasteiger partial charge in [0.05, 0.1) is 0 Å². The lowest BCUT2D eigenvalue weighted by molar-refractivity contribution is 0.178. The Morgan fingerprint density at radius 3 is 2.38 bits per heavy atom. The lowest BCUT2D eigenvalue weighted by atomic mass is 10.2. The maximum absolute atomic E-state index is 4.48. The Balaban J connectivity index is 1.76. The highest BCUT2D eigenvalue weighted by atomic mass is 32.2. The lowest BCUT2D eigenvalue weighted by Crippen LogP contribution is -2.45. The summed E-state index contributed by atoms with van der Waals surface area (Å²) in [5, 5.41) is 16.8. The molecule has 1 fully saturated rings. The van der Waals surface area contributed by atoms with Crippen molar-refractivity contribution in [2.75, 3.05) is 32.9 Å². The molecule has 166 valence electrons. The Hall–Kier alpha value is -1.28. The first-order chi connectivity index (χ1) is 14.0. The topological polar surface area (TPSA) is 70.4 Å². The number of aryl methyl sites for hydroxylation is 1. The second-order valence-corrected chi connectivity index (χ2v) is 9.14. The van der Waals surface area contributed by atoms with Crippen LogP contribution in [-0.4, -0.2) is 70.6 Å². The molecule has 1 saturated carbocycles. The molecule has 2 rings (SSSR count). The number of nitrogens with one attached hydrogen (secondary N) is 2. The molecule has 0 unspecified atom stereocenters. The van der Waals surface area contributed by atoms with Crippen LogP contribution in [0.5, 0.6) is 0 Å². The maximum Gasteiger partial charge on any atom is 0.191 e. The van der Waals surface area contributed by atoms with Gasteiger partial charge in [0.2, 0.25) is 0 Å². The second-order valence-electron chi connectivity index (χ2n) is 8.37. The predicted octanol–water partition coefficient (Wildman–Crippen LogP) is 3.33. The highest BCUT2D eigenvalue weighted by Gasteiger charge is 2.23. The van der Waals surface area contributed by atoms with E-state index in [1.165, 1.54) is 25.7 Å². The number of rotatable bonds is 11. The molecule has 1 aliphatic carbocycles. The SMILES string of the molecule is CN=C(NCCCc1nnc(SC)n1C1CCCC1)NCCN(C(C)C)C(C)C. The van der Waals surface area contributed by atoms with E-state index in [1.54, 1.807) is 11.8 Å². The minimum atomic E-state index is 0.551. The van der Waals surface area contributed by atoms with Crippen molar-refractivity contribution in [2.45, 2.75) is 89.5 Å². The molecular formula is C21H41N7S. The van der Waals surface area contributed by atoms with Crippen LogP contribution in [-0.2, 0) is 6.42 Å². The van der Waals surface area contributed by atoms with Crippen molar-refractivity contribution in [3.8, 4) is 0 Å². The van der Waals surface area contributed by atoms with E-state index < -0.39 is 0 Å². The van der Waals surface area contributed by atoms with Gasteiger partial charge < -0.3 is 15.2 Å². The number of aliphatic imine (C=N–C) groups is 1. The summed E-state index contributed by atoms with van der Waals surface area (Å²) in [6.45, 7) is 11.8. The number of hydrogen-bond donors (Lipinski definition) is 2. The zero-order chi connectivity index (χ0) is 21.2. The molecule has 0 aromatic carbocycles. The molecule has 8 heteroatoms. The molecule has 0 radical (unpaired) electrons. The van der Waals surface area contributed by atoms with Crippen LogP contribution in [0.1, 0.15) is 71.7 Å². The second kappa shape index (κ2) is 12.4. The molecule has 29 heavy (non-hydrogen) atoms. The van der Waals surface area contributed by atoms with E-state index in [2.05, 4.69) is 69.2 Å². The number of nitrogens with zero attached hydrogens (tertiary/aromatic N) is 5. The van der Waals surface area contributed by atoms with Crippen molar-refractivity contribution < 1.29 is 0 Å². The van der Waals surface area contributed by atoms with Gasteiger partial charge in [-0.05, 0) is 53.2 Å². The summed E-state index contributed by atoms with van der Waals surface area (Å²) in [5.74, 6) is 2.01. The van der Waals surface area contributed by atoms with E-state index in [4.69, 9.17) is 0 Å². The first kappa shape index (κ1) is 24.0. The Kier molecular flexibility index (Phi) is 10.3. The van der Waals surface area contributed by atoms with Gasteiger partial charge in [0.25, 0.3) is 0 Å². The van der Waals surface area contributed by atoms with Crippen molar-refractivity contribution in [3.63, 3.8) is 0 Å². The quantitative estimate of drug-likeness (QED) is 0.246. The zero-order valence-electron chi connectivity index (χ0n) is 19.2. The van der Waals surface area contributed by atoms with Crippen LogP contribution in [0.4, 0.5) is 0 Å². The van der Waals surface area contributed by atoms with E-state index in [9.17, 15) is 0 Å². The Bertz CT molecular complexity index is 613. The average Bonchev–Trinajstić information content (AvgIpc) is 3.35. The molecule has 1 aromatic rings. The predicted molar refractivity (Wildman–Crippen MR) is 124 cm³/mol. The molecule has 0 spiro atoms. The van der Waals surface area contributed by atoms with Gasteiger partial charge in [-0.15, -0.1) is 10.2 Å². The van der Waals surface area contributed by atoms with Crippen molar-refractivity contribution in [3.05, 3.63) is 5.82 Å². The van der Waals surface area contributed by atoms with Crippen molar-refractivity contribution in [2.24, 2.45) is 4.99 Å². The van der Waals surface area contributed by atoms with Crippen LogP contribution >= 0.6 is 11.8 Å². The maximum atomic E-state index is 4.48. The van der Waals surface area contributed by atoms with Gasteiger partial charge in [-0.2, -0.15) is 0 Å². The fourth-order valence-electron chi connectivity index (χ4n) is 4.24. The molecule has 1 aromatic heterocycles. The first-order valence-corrected chi connectivity index (χ1v) is 12.4. The Morgan fingerprint density at radius 2 is 1.79 bits per heavy atom. The molecule has 2 N–H and O–H groups in total. The normalized spacial score (nSPS) is 15.8. The molecule has 0 amide bonds. The summed E-state index contributed by atoms with van der Waals surface area (Å²) in [5.41, 5.74) is 0.